The maximum absolute atomic E-state index is 12.1. The number of carboxylic acid groups (broad SMARTS) is 1. The maximum atomic E-state index is 12.1. The SMILES string of the molecule is Cc1cn(C2CC(N=[N+]=[N-])C(COC(=O)C(=O)N[C@H](C(=O)O)C(C)C)O2)c(=O)[nH]c1=O. The van der Waals surface area contributed by atoms with Crippen LogP contribution in [0.15, 0.2) is 20.9 Å². The van der Waals surface area contributed by atoms with Crippen molar-refractivity contribution in [2.24, 2.45) is 11.0 Å². The number of esters is 1. The minimum Gasteiger partial charge on any atom is -0.480 e. The van der Waals surface area contributed by atoms with Gasteiger partial charge in [0.1, 0.15) is 25.0 Å². The zero-order chi connectivity index (χ0) is 23.3. The number of hydrogen-bond donors (Lipinski definition) is 3. The number of nitrogens with one attached hydrogen (secondary N) is 2. The molecule has 1 amide bonds. The van der Waals surface area contributed by atoms with E-state index in [-0.39, 0.29) is 12.0 Å². The summed E-state index contributed by atoms with van der Waals surface area (Å²) >= 11 is 0. The highest BCUT2D eigenvalue weighted by Gasteiger charge is 2.38. The standard InChI is InChI=1S/C17H22N6O8/c1-7(2)12(15(26)27)19-14(25)16(28)30-6-10-9(21-22-18)4-11(31-10)23-5-8(3)13(24)20-17(23)29/h5,7,9-12H,4,6H2,1-3H3,(H,19,25)(H,26,27)(H,20,24,29)/t9?,10?,11?,12-/m0/s1. The van der Waals surface area contributed by atoms with Crippen molar-refractivity contribution in [1.29, 1.82) is 0 Å². The monoisotopic (exact) mass is 438 g/mol. The van der Waals surface area contributed by atoms with Crippen molar-refractivity contribution in [3.63, 3.8) is 0 Å². The molecule has 1 aliphatic heterocycles. The third-order valence-corrected chi connectivity index (χ3v) is 4.64. The van der Waals surface area contributed by atoms with Crippen molar-refractivity contribution in [2.75, 3.05) is 6.61 Å². The van der Waals surface area contributed by atoms with Crippen LogP contribution in [0.4, 0.5) is 0 Å². The van der Waals surface area contributed by atoms with Gasteiger partial charge in [-0.05, 0) is 18.4 Å². The fraction of sp³-hybridized carbons (Fsp3) is 0.588. The molecule has 2 rings (SSSR count). The van der Waals surface area contributed by atoms with Crippen LogP contribution in [0.5, 0.6) is 0 Å². The average molecular weight is 438 g/mol. The fourth-order valence-corrected chi connectivity index (χ4v) is 2.96. The molecule has 0 bridgehead atoms. The van der Waals surface area contributed by atoms with Crippen molar-refractivity contribution in [3.8, 4) is 0 Å². The van der Waals surface area contributed by atoms with Gasteiger partial charge in [0.25, 0.3) is 5.56 Å². The molecular weight excluding hydrogens is 416 g/mol. The zero-order valence-electron chi connectivity index (χ0n) is 17.0. The van der Waals surface area contributed by atoms with Crippen molar-refractivity contribution >= 4 is 17.8 Å². The second-order valence-electron chi connectivity index (χ2n) is 7.25. The summed E-state index contributed by atoms with van der Waals surface area (Å²) in [7, 11) is 0. The summed E-state index contributed by atoms with van der Waals surface area (Å²) in [6, 6.07) is -2.11. The molecule has 1 aromatic heterocycles. The van der Waals surface area contributed by atoms with E-state index in [1.54, 1.807) is 13.8 Å². The molecule has 0 aromatic carbocycles. The number of amides is 1. The molecule has 1 aromatic rings. The fourth-order valence-electron chi connectivity index (χ4n) is 2.96. The predicted octanol–water partition coefficient (Wildman–Crippen LogP) is -0.420. The van der Waals surface area contributed by atoms with Crippen LogP contribution in [0.3, 0.4) is 0 Å². The average Bonchev–Trinajstić information content (AvgIpc) is 3.09. The number of carbonyl (C=O) groups excluding carboxylic acids is 2. The van der Waals surface area contributed by atoms with Crippen molar-refractivity contribution < 1.29 is 29.0 Å². The van der Waals surface area contributed by atoms with Gasteiger partial charge in [0.05, 0.1) is 6.04 Å². The van der Waals surface area contributed by atoms with Crippen LogP contribution in [-0.4, -0.2) is 57.3 Å². The van der Waals surface area contributed by atoms with Gasteiger partial charge in [0, 0.05) is 23.1 Å². The minimum absolute atomic E-state index is 0.0539. The first-order valence-electron chi connectivity index (χ1n) is 9.27. The summed E-state index contributed by atoms with van der Waals surface area (Å²) in [6.45, 7) is 4.13. The molecule has 14 nitrogen and oxygen atoms in total. The topological polar surface area (TPSA) is 206 Å². The molecule has 4 atom stereocenters. The molecule has 14 heteroatoms. The highest BCUT2D eigenvalue weighted by Crippen LogP contribution is 2.30. The number of azide groups is 1. The summed E-state index contributed by atoms with van der Waals surface area (Å²) < 4.78 is 11.6. The van der Waals surface area contributed by atoms with Gasteiger partial charge in [0.2, 0.25) is 0 Å². The van der Waals surface area contributed by atoms with E-state index in [9.17, 15) is 24.0 Å². The third kappa shape index (κ3) is 5.71. The predicted molar refractivity (Wildman–Crippen MR) is 103 cm³/mol. The van der Waals surface area contributed by atoms with Gasteiger partial charge in [-0.25, -0.2) is 14.4 Å². The molecule has 0 saturated carbocycles. The third-order valence-electron chi connectivity index (χ3n) is 4.64. The van der Waals surface area contributed by atoms with Crippen LogP contribution in [0, 0.1) is 12.8 Å². The molecule has 1 aliphatic rings. The Hall–Kier alpha value is -3.64. The zero-order valence-corrected chi connectivity index (χ0v) is 17.0. The molecule has 0 spiro atoms. The second kappa shape index (κ2) is 9.91. The number of H-pyrrole nitrogens is 1. The number of ether oxygens (including phenoxy) is 2. The molecular formula is C17H22N6O8. The summed E-state index contributed by atoms with van der Waals surface area (Å²) in [4.78, 5) is 63.4. The number of carboxylic acids is 1. The Morgan fingerprint density at radius 3 is 2.71 bits per heavy atom. The van der Waals surface area contributed by atoms with E-state index < -0.39 is 66.0 Å². The number of aromatic amines is 1. The van der Waals surface area contributed by atoms with Crippen LogP contribution in [0.25, 0.3) is 10.4 Å². The summed E-state index contributed by atoms with van der Waals surface area (Å²) in [6.07, 6.45) is -0.539. The van der Waals surface area contributed by atoms with Crippen molar-refractivity contribution in [3.05, 3.63) is 43.0 Å². The Morgan fingerprint density at radius 2 is 2.13 bits per heavy atom. The summed E-state index contributed by atoms with van der Waals surface area (Å²) in [5.74, 6) is -4.36. The van der Waals surface area contributed by atoms with E-state index in [2.05, 4.69) is 20.3 Å². The van der Waals surface area contributed by atoms with Crippen LogP contribution in [0.1, 0.15) is 32.1 Å². The lowest BCUT2D eigenvalue weighted by Gasteiger charge is -2.18. The first-order valence-corrected chi connectivity index (χ1v) is 9.27. The summed E-state index contributed by atoms with van der Waals surface area (Å²) in [5, 5.41) is 14.7. The van der Waals surface area contributed by atoms with Crippen molar-refractivity contribution in [2.45, 2.75) is 51.6 Å². The number of aliphatic carboxylic acids is 1. The van der Waals surface area contributed by atoms with E-state index in [1.165, 1.54) is 13.1 Å². The normalized spacial score (nSPS) is 21.2. The highest BCUT2D eigenvalue weighted by atomic mass is 16.6. The Labute approximate surface area is 174 Å². The Balaban J connectivity index is 2.07. The summed E-state index contributed by atoms with van der Waals surface area (Å²) in [5.41, 5.74) is 7.74. The van der Waals surface area contributed by atoms with Gasteiger partial charge in [-0.1, -0.05) is 19.0 Å². The van der Waals surface area contributed by atoms with E-state index in [0.29, 0.717) is 0 Å². The van der Waals surface area contributed by atoms with Gasteiger partial charge >= 0.3 is 23.5 Å². The molecule has 3 unspecified atom stereocenters. The van der Waals surface area contributed by atoms with Gasteiger partial charge in [0.15, 0.2) is 0 Å². The van der Waals surface area contributed by atoms with Crippen LogP contribution < -0.4 is 16.6 Å². The van der Waals surface area contributed by atoms with Crippen LogP contribution >= 0.6 is 0 Å². The molecule has 168 valence electrons. The molecule has 2 heterocycles. The number of aryl methyl sites for hydroxylation is 1. The van der Waals surface area contributed by atoms with Gasteiger partial charge in [-0.3, -0.25) is 19.1 Å². The van der Waals surface area contributed by atoms with E-state index in [1.807, 2.05) is 0 Å². The van der Waals surface area contributed by atoms with Gasteiger partial charge in [-0.15, -0.1) is 0 Å². The highest BCUT2D eigenvalue weighted by molar-refractivity contribution is 6.32. The molecule has 0 aliphatic carbocycles. The number of nitrogens with zero attached hydrogens (tertiary/aromatic N) is 4. The smallest absolute Gasteiger partial charge is 0.396 e. The first kappa shape index (κ1) is 23.6. The number of rotatable bonds is 7. The molecule has 3 N–H and O–H groups in total. The first-order chi connectivity index (χ1) is 14.5. The molecule has 0 radical (unpaired) electrons. The number of hydrogen-bond acceptors (Lipinski definition) is 8. The van der Waals surface area contributed by atoms with Crippen LogP contribution in [-0.2, 0) is 23.9 Å². The Bertz CT molecular complexity index is 1020. The molecule has 31 heavy (non-hydrogen) atoms. The largest absolute Gasteiger partial charge is 0.480 e. The number of aromatic nitrogens is 2. The lowest BCUT2D eigenvalue weighted by molar-refractivity contribution is -0.159. The molecule has 1 saturated heterocycles. The Morgan fingerprint density at radius 1 is 1.45 bits per heavy atom. The second-order valence-corrected chi connectivity index (χ2v) is 7.25. The lowest BCUT2D eigenvalue weighted by Crippen LogP contribution is -2.47. The van der Waals surface area contributed by atoms with Crippen LogP contribution in [0.2, 0.25) is 0 Å². The minimum atomic E-state index is -1.34. The van der Waals surface area contributed by atoms with Crippen molar-refractivity contribution in [1.82, 2.24) is 14.9 Å². The van der Waals surface area contributed by atoms with E-state index >= 15 is 0 Å². The quantitative estimate of drug-likeness (QED) is 0.167. The Kier molecular flexibility index (Phi) is 7.56. The van der Waals surface area contributed by atoms with E-state index in [0.717, 1.165) is 4.57 Å². The molecule has 1 fully saturated rings. The van der Waals surface area contributed by atoms with Gasteiger partial charge < -0.3 is 19.9 Å². The van der Waals surface area contributed by atoms with E-state index in [4.69, 9.17) is 20.1 Å². The number of carbonyl (C=O) groups is 3. The van der Waals surface area contributed by atoms with Gasteiger partial charge in [-0.2, -0.15) is 0 Å². The lowest BCUT2D eigenvalue weighted by atomic mass is 10.1. The maximum Gasteiger partial charge on any atom is 0.396 e.